The van der Waals surface area contributed by atoms with Crippen LogP contribution in [-0.4, -0.2) is 28.2 Å². The highest BCUT2D eigenvalue weighted by Gasteiger charge is 2.21. The largest absolute Gasteiger partial charge is 0.444 e. The Labute approximate surface area is 214 Å². The van der Waals surface area contributed by atoms with Gasteiger partial charge in [-0.1, -0.05) is 36.4 Å². The zero-order chi connectivity index (χ0) is 26.4. The predicted octanol–water partition coefficient (Wildman–Crippen LogP) is 6.06. The van der Waals surface area contributed by atoms with Gasteiger partial charge in [-0.2, -0.15) is 5.26 Å². The lowest BCUT2D eigenvalue weighted by atomic mass is 10.1. The van der Waals surface area contributed by atoms with E-state index in [9.17, 15) is 10.1 Å². The van der Waals surface area contributed by atoms with E-state index in [0.29, 0.717) is 5.69 Å². The zero-order valence-electron chi connectivity index (χ0n) is 20.7. The van der Waals surface area contributed by atoms with E-state index < -0.39 is 23.6 Å². The summed E-state index contributed by atoms with van der Waals surface area (Å²) in [5.74, 6) is -0.562. The standard InChI is InChI=1S/C28H27FN6O2/c1-28(2,3)37-27(36)32-17-24(18-8-5-4-6-9-18)34-26-22(29)15-20(16-30)25(35-26)33-21-11-12-23-19(14-21)10-7-13-31-23/h4-15,24H,17H2,1-3H3,(H,32,36)(H2,33,34,35)/t24-/m0/s1. The van der Waals surface area contributed by atoms with Crippen molar-refractivity contribution in [1.82, 2.24) is 15.3 Å². The summed E-state index contributed by atoms with van der Waals surface area (Å²) in [6, 6.07) is 21.2. The number of hydrogen-bond donors (Lipinski definition) is 3. The average Bonchev–Trinajstić information content (AvgIpc) is 2.87. The number of nitriles is 1. The van der Waals surface area contributed by atoms with E-state index >= 15 is 4.39 Å². The SMILES string of the molecule is CC(C)(C)OC(=O)NC[C@H](Nc1nc(Nc2ccc3ncccc3c2)c(C#N)cc1F)c1ccccc1. The van der Waals surface area contributed by atoms with Crippen LogP contribution in [0.3, 0.4) is 0 Å². The summed E-state index contributed by atoms with van der Waals surface area (Å²) < 4.78 is 20.4. The van der Waals surface area contributed by atoms with E-state index in [2.05, 4.69) is 25.9 Å². The summed E-state index contributed by atoms with van der Waals surface area (Å²) in [5.41, 5.74) is 1.71. The maximum Gasteiger partial charge on any atom is 0.407 e. The Kier molecular flexibility index (Phi) is 7.49. The fraction of sp³-hybridized carbons (Fsp3) is 0.214. The number of rotatable bonds is 7. The van der Waals surface area contributed by atoms with Crippen LogP contribution < -0.4 is 16.0 Å². The van der Waals surface area contributed by atoms with Crippen LogP contribution in [0.2, 0.25) is 0 Å². The molecule has 0 unspecified atom stereocenters. The van der Waals surface area contributed by atoms with Crippen molar-refractivity contribution in [2.45, 2.75) is 32.4 Å². The van der Waals surface area contributed by atoms with Crippen LogP contribution in [0.4, 0.5) is 26.5 Å². The lowest BCUT2D eigenvalue weighted by molar-refractivity contribution is 0.0525. The molecule has 0 saturated heterocycles. The molecule has 2 heterocycles. The van der Waals surface area contributed by atoms with Crippen molar-refractivity contribution in [1.29, 1.82) is 5.26 Å². The van der Waals surface area contributed by atoms with E-state index in [1.165, 1.54) is 0 Å². The summed E-state index contributed by atoms with van der Waals surface area (Å²) in [5, 5.41) is 19.4. The van der Waals surface area contributed by atoms with E-state index in [4.69, 9.17) is 4.74 Å². The van der Waals surface area contributed by atoms with Gasteiger partial charge in [0, 0.05) is 23.8 Å². The zero-order valence-corrected chi connectivity index (χ0v) is 20.7. The Balaban J connectivity index is 1.60. The van der Waals surface area contributed by atoms with Gasteiger partial charge in [0.2, 0.25) is 0 Å². The number of pyridine rings is 2. The monoisotopic (exact) mass is 498 g/mol. The van der Waals surface area contributed by atoms with Crippen molar-refractivity contribution in [2.24, 2.45) is 0 Å². The minimum atomic E-state index is -0.692. The van der Waals surface area contributed by atoms with Gasteiger partial charge in [0.05, 0.1) is 17.1 Å². The van der Waals surface area contributed by atoms with Crippen LogP contribution in [0.5, 0.6) is 0 Å². The molecule has 3 N–H and O–H groups in total. The van der Waals surface area contributed by atoms with Gasteiger partial charge in [-0.15, -0.1) is 0 Å². The highest BCUT2D eigenvalue weighted by molar-refractivity contribution is 5.83. The van der Waals surface area contributed by atoms with E-state index in [1.807, 2.05) is 66.7 Å². The van der Waals surface area contributed by atoms with Gasteiger partial charge in [0.25, 0.3) is 0 Å². The molecule has 0 fully saturated rings. The Morgan fingerprint density at radius 3 is 2.59 bits per heavy atom. The molecular formula is C28H27FN6O2. The number of amides is 1. The highest BCUT2D eigenvalue weighted by Crippen LogP contribution is 2.27. The van der Waals surface area contributed by atoms with Crippen molar-refractivity contribution >= 4 is 34.3 Å². The molecule has 2 aromatic heterocycles. The summed E-state index contributed by atoms with van der Waals surface area (Å²) in [7, 11) is 0. The molecule has 8 nitrogen and oxygen atoms in total. The smallest absolute Gasteiger partial charge is 0.407 e. The molecule has 4 aromatic rings. The summed E-state index contributed by atoms with van der Waals surface area (Å²) in [6.45, 7) is 5.43. The van der Waals surface area contributed by atoms with Crippen LogP contribution in [0.25, 0.3) is 10.9 Å². The third-order valence-electron chi connectivity index (χ3n) is 5.32. The highest BCUT2D eigenvalue weighted by atomic mass is 19.1. The predicted molar refractivity (Wildman–Crippen MR) is 141 cm³/mol. The maximum absolute atomic E-state index is 15.0. The van der Waals surface area contributed by atoms with Crippen molar-refractivity contribution in [3.63, 3.8) is 0 Å². The minimum absolute atomic E-state index is 0.0532. The first-order chi connectivity index (χ1) is 17.7. The van der Waals surface area contributed by atoms with Gasteiger partial charge in [-0.05, 0) is 56.7 Å². The molecular weight excluding hydrogens is 471 g/mol. The van der Waals surface area contributed by atoms with Gasteiger partial charge >= 0.3 is 6.09 Å². The normalized spacial score (nSPS) is 11.9. The number of hydrogen-bond acceptors (Lipinski definition) is 7. The molecule has 1 atom stereocenters. The fourth-order valence-electron chi connectivity index (χ4n) is 3.66. The van der Waals surface area contributed by atoms with Crippen LogP contribution in [0, 0.1) is 17.1 Å². The van der Waals surface area contributed by atoms with Gasteiger partial charge in [-0.3, -0.25) is 4.98 Å². The number of alkyl carbamates (subject to hydrolysis) is 1. The average molecular weight is 499 g/mol. The second-order valence-electron chi connectivity index (χ2n) is 9.35. The lowest BCUT2D eigenvalue weighted by Crippen LogP contribution is -2.36. The van der Waals surface area contributed by atoms with Crippen molar-refractivity contribution in [3.8, 4) is 6.07 Å². The fourth-order valence-corrected chi connectivity index (χ4v) is 3.66. The van der Waals surface area contributed by atoms with Crippen molar-refractivity contribution < 1.29 is 13.9 Å². The van der Waals surface area contributed by atoms with Gasteiger partial charge in [-0.25, -0.2) is 14.2 Å². The van der Waals surface area contributed by atoms with E-state index in [1.54, 1.807) is 27.0 Å². The Morgan fingerprint density at radius 2 is 1.86 bits per heavy atom. The van der Waals surface area contributed by atoms with Gasteiger partial charge in [0.15, 0.2) is 17.5 Å². The molecule has 0 bridgehead atoms. The first kappa shape index (κ1) is 25.4. The summed E-state index contributed by atoms with van der Waals surface area (Å²) in [6.07, 6.45) is 1.13. The number of anilines is 3. The minimum Gasteiger partial charge on any atom is -0.444 e. The van der Waals surface area contributed by atoms with Crippen molar-refractivity contribution in [3.05, 3.63) is 89.9 Å². The molecule has 188 valence electrons. The number of carbonyl (C=O) groups excluding carboxylic acids is 1. The quantitative estimate of drug-likeness (QED) is 0.284. The molecule has 0 aliphatic rings. The molecule has 37 heavy (non-hydrogen) atoms. The molecule has 0 aliphatic heterocycles. The number of fused-ring (bicyclic) bond motifs is 1. The molecule has 1 amide bonds. The second-order valence-corrected chi connectivity index (χ2v) is 9.35. The number of nitrogens with zero attached hydrogens (tertiary/aromatic N) is 3. The number of halogens is 1. The number of benzene rings is 2. The third kappa shape index (κ3) is 6.70. The molecule has 0 saturated carbocycles. The molecule has 4 rings (SSSR count). The molecule has 0 radical (unpaired) electrons. The lowest BCUT2D eigenvalue weighted by Gasteiger charge is -2.24. The Morgan fingerprint density at radius 1 is 1.08 bits per heavy atom. The van der Waals surface area contributed by atoms with E-state index in [-0.39, 0.29) is 23.7 Å². The molecule has 9 heteroatoms. The maximum atomic E-state index is 15.0. The Hall–Kier alpha value is -4.71. The summed E-state index contributed by atoms with van der Waals surface area (Å²) in [4.78, 5) is 20.9. The molecule has 2 aromatic carbocycles. The van der Waals surface area contributed by atoms with Crippen LogP contribution in [-0.2, 0) is 4.74 Å². The number of carbonyl (C=O) groups is 1. The third-order valence-corrected chi connectivity index (χ3v) is 5.32. The van der Waals surface area contributed by atoms with Crippen LogP contribution in [0.15, 0.2) is 72.9 Å². The van der Waals surface area contributed by atoms with Gasteiger partial charge < -0.3 is 20.7 Å². The summed E-state index contributed by atoms with van der Waals surface area (Å²) >= 11 is 0. The first-order valence-electron chi connectivity index (χ1n) is 11.7. The van der Waals surface area contributed by atoms with Gasteiger partial charge in [0.1, 0.15) is 11.7 Å². The number of nitrogens with one attached hydrogen (secondary N) is 3. The second kappa shape index (κ2) is 10.9. The van der Waals surface area contributed by atoms with Crippen LogP contribution in [0.1, 0.15) is 37.9 Å². The number of ether oxygens (including phenoxy) is 1. The van der Waals surface area contributed by atoms with E-state index in [0.717, 1.165) is 22.5 Å². The molecule has 0 aliphatic carbocycles. The van der Waals surface area contributed by atoms with Crippen LogP contribution >= 0.6 is 0 Å². The topological polar surface area (TPSA) is 112 Å². The first-order valence-corrected chi connectivity index (χ1v) is 11.7. The molecule has 0 spiro atoms. The Bertz CT molecular complexity index is 1450. The van der Waals surface area contributed by atoms with Crippen molar-refractivity contribution in [2.75, 3.05) is 17.2 Å². The number of aromatic nitrogens is 2.